The zero-order valence-electron chi connectivity index (χ0n) is 10.4. The minimum atomic E-state index is -0.102. The first-order chi connectivity index (χ1) is 8.76. The smallest absolute Gasteiger partial charge is 0.0613 e. The number of benzene rings is 1. The van der Waals surface area contributed by atoms with Gasteiger partial charge in [-0.15, -0.1) is 0 Å². The van der Waals surface area contributed by atoms with Gasteiger partial charge in [0.2, 0.25) is 0 Å². The zero-order chi connectivity index (χ0) is 12.8. The van der Waals surface area contributed by atoms with E-state index in [1.54, 1.807) is 0 Å². The van der Waals surface area contributed by atoms with E-state index in [2.05, 4.69) is 17.2 Å². The summed E-state index contributed by atoms with van der Waals surface area (Å²) in [6.07, 6.45) is 4.45. The Balaban J connectivity index is 1.91. The number of hydrogen-bond donors (Lipinski definition) is 2. The van der Waals surface area contributed by atoms with Gasteiger partial charge in [-0.05, 0) is 25.0 Å². The summed E-state index contributed by atoms with van der Waals surface area (Å²) in [7, 11) is 0. The maximum Gasteiger partial charge on any atom is 0.0613 e. The quantitative estimate of drug-likeness (QED) is 0.822. The van der Waals surface area contributed by atoms with Crippen molar-refractivity contribution in [1.29, 1.82) is 0 Å². The van der Waals surface area contributed by atoms with Gasteiger partial charge in [-0.3, -0.25) is 5.32 Å². The molecular formula is C15H18ClNO. The Labute approximate surface area is 113 Å². The fraction of sp³-hybridized carbons (Fsp3) is 0.467. The van der Waals surface area contributed by atoms with E-state index in [1.165, 1.54) is 12.8 Å². The second-order valence-corrected chi connectivity index (χ2v) is 5.19. The Morgan fingerprint density at radius 2 is 2.00 bits per heavy atom. The highest BCUT2D eigenvalue weighted by atomic mass is 35.5. The molecule has 1 saturated carbocycles. The van der Waals surface area contributed by atoms with Crippen LogP contribution in [0.5, 0.6) is 0 Å². The van der Waals surface area contributed by atoms with Gasteiger partial charge in [0.05, 0.1) is 18.2 Å². The van der Waals surface area contributed by atoms with E-state index in [4.69, 9.17) is 11.6 Å². The van der Waals surface area contributed by atoms with E-state index in [9.17, 15) is 5.11 Å². The lowest BCUT2D eigenvalue weighted by Gasteiger charge is -2.26. The Morgan fingerprint density at radius 3 is 2.67 bits per heavy atom. The van der Waals surface area contributed by atoms with Crippen LogP contribution in [0.2, 0.25) is 5.02 Å². The van der Waals surface area contributed by atoms with Crippen molar-refractivity contribution in [1.82, 2.24) is 5.32 Å². The maximum absolute atomic E-state index is 9.45. The molecule has 1 aromatic rings. The number of rotatable bonds is 3. The van der Waals surface area contributed by atoms with Crippen LogP contribution in [0.4, 0.5) is 0 Å². The Hall–Kier alpha value is -1.01. The molecule has 2 rings (SSSR count). The predicted molar refractivity (Wildman–Crippen MR) is 74.6 cm³/mol. The molecule has 1 aliphatic carbocycles. The molecule has 2 nitrogen and oxygen atoms in total. The van der Waals surface area contributed by atoms with Gasteiger partial charge >= 0.3 is 0 Å². The summed E-state index contributed by atoms with van der Waals surface area (Å²) in [4.78, 5) is 0. The summed E-state index contributed by atoms with van der Waals surface area (Å²) in [5.41, 5.74) is 0.750. The molecule has 0 bridgehead atoms. The van der Waals surface area contributed by atoms with Crippen molar-refractivity contribution in [3.63, 3.8) is 0 Å². The van der Waals surface area contributed by atoms with E-state index >= 15 is 0 Å². The summed E-state index contributed by atoms with van der Waals surface area (Å²) in [5, 5.41) is 13.5. The fourth-order valence-corrected chi connectivity index (χ4v) is 2.56. The number of hydrogen-bond acceptors (Lipinski definition) is 2. The van der Waals surface area contributed by atoms with E-state index in [1.807, 2.05) is 24.3 Å². The molecular weight excluding hydrogens is 246 g/mol. The molecule has 0 spiro atoms. The van der Waals surface area contributed by atoms with Crippen LogP contribution in [0.25, 0.3) is 0 Å². The van der Waals surface area contributed by atoms with Crippen LogP contribution in [0.3, 0.4) is 0 Å². The van der Waals surface area contributed by atoms with E-state index in [-0.39, 0.29) is 12.1 Å². The summed E-state index contributed by atoms with van der Waals surface area (Å²) >= 11 is 6.02. The molecule has 0 aliphatic heterocycles. The molecule has 0 atom stereocenters. The molecule has 1 fully saturated rings. The number of aliphatic hydroxyl groups excluding tert-OH is 1. The molecule has 1 aromatic carbocycles. The first-order valence-electron chi connectivity index (χ1n) is 6.35. The average molecular weight is 264 g/mol. The van der Waals surface area contributed by atoms with E-state index in [0.29, 0.717) is 11.6 Å². The number of nitrogens with one attached hydrogen (secondary N) is 1. The van der Waals surface area contributed by atoms with Crippen molar-refractivity contribution in [2.24, 2.45) is 0 Å². The first-order valence-corrected chi connectivity index (χ1v) is 6.73. The Bertz CT molecular complexity index is 455. The molecule has 0 heterocycles. The normalized spacial score (nSPS) is 17.2. The average Bonchev–Trinajstić information content (AvgIpc) is 2.86. The number of aliphatic hydroxyl groups is 1. The highest BCUT2D eigenvalue weighted by Gasteiger charge is 2.31. The van der Waals surface area contributed by atoms with Crippen LogP contribution in [0.1, 0.15) is 31.2 Å². The molecule has 0 aromatic heterocycles. The summed E-state index contributed by atoms with van der Waals surface area (Å²) in [6, 6.07) is 7.57. The van der Waals surface area contributed by atoms with Gasteiger partial charge in [-0.1, -0.05) is 48.4 Å². The lowest BCUT2D eigenvalue weighted by Crippen LogP contribution is -2.46. The monoisotopic (exact) mass is 263 g/mol. The lowest BCUT2D eigenvalue weighted by molar-refractivity contribution is 0.169. The Morgan fingerprint density at radius 1 is 1.28 bits per heavy atom. The van der Waals surface area contributed by atoms with Crippen LogP contribution in [0, 0.1) is 11.8 Å². The van der Waals surface area contributed by atoms with Crippen molar-refractivity contribution in [3.8, 4) is 11.8 Å². The van der Waals surface area contributed by atoms with Gasteiger partial charge in [0.25, 0.3) is 0 Å². The molecule has 3 heteroatoms. The molecule has 18 heavy (non-hydrogen) atoms. The van der Waals surface area contributed by atoms with Gasteiger partial charge in [-0.2, -0.15) is 0 Å². The molecule has 96 valence electrons. The second kappa shape index (κ2) is 6.24. The molecule has 0 radical (unpaired) electrons. The zero-order valence-corrected chi connectivity index (χ0v) is 11.1. The highest BCUT2D eigenvalue weighted by molar-refractivity contribution is 6.31. The van der Waals surface area contributed by atoms with E-state index < -0.39 is 0 Å². The minimum Gasteiger partial charge on any atom is -0.394 e. The van der Waals surface area contributed by atoms with Gasteiger partial charge in [-0.25, -0.2) is 0 Å². The van der Waals surface area contributed by atoms with Crippen molar-refractivity contribution in [3.05, 3.63) is 34.9 Å². The summed E-state index contributed by atoms with van der Waals surface area (Å²) in [5.74, 6) is 6.12. The van der Waals surface area contributed by atoms with Gasteiger partial charge in [0, 0.05) is 11.1 Å². The van der Waals surface area contributed by atoms with Crippen molar-refractivity contribution in [2.45, 2.75) is 31.2 Å². The summed E-state index contributed by atoms with van der Waals surface area (Å²) in [6.45, 7) is 0.784. The van der Waals surface area contributed by atoms with Gasteiger partial charge in [0.1, 0.15) is 0 Å². The van der Waals surface area contributed by atoms with Crippen molar-refractivity contribution >= 4 is 11.6 Å². The van der Waals surface area contributed by atoms with Gasteiger partial charge in [0.15, 0.2) is 0 Å². The third-order valence-corrected chi connectivity index (χ3v) is 3.84. The largest absolute Gasteiger partial charge is 0.394 e. The third kappa shape index (κ3) is 3.26. The Kier molecular flexibility index (Phi) is 4.66. The standard InChI is InChI=1S/C15H18ClNO/c16-14-8-2-1-6-13(14)7-5-11-17-15(12-18)9-3-4-10-15/h1-2,6,8,17-18H,3-4,9-12H2. The van der Waals surface area contributed by atoms with Crippen LogP contribution in [-0.4, -0.2) is 23.8 Å². The predicted octanol–water partition coefficient (Wildman–Crippen LogP) is 2.59. The number of halogens is 1. The summed E-state index contributed by atoms with van der Waals surface area (Å²) < 4.78 is 0. The van der Waals surface area contributed by atoms with Crippen LogP contribution >= 0.6 is 11.6 Å². The molecule has 1 aliphatic rings. The van der Waals surface area contributed by atoms with Crippen molar-refractivity contribution in [2.75, 3.05) is 13.2 Å². The van der Waals surface area contributed by atoms with E-state index in [0.717, 1.165) is 18.4 Å². The minimum absolute atomic E-state index is 0.102. The highest BCUT2D eigenvalue weighted by Crippen LogP contribution is 2.28. The molecule has 0 saturated heterocycles. The van der Waals surface area contributed by atoms with Crippen LogP contribution in [-0.2, 0) is 0 Å². The molecule has 2 N–H and O–H groups in total. The second-order valence-electron chi connectivity index (χ2n) is 4.78. The molecule has 0 amide bonds. The topological polar surface area (TPSA) is 32.3 Å². The lowest BCUT2D eigenvalue weighted by atomic mass is 9.99. The maximum atomic E-state index is 9.45. The first kappa shape index (κ1) is 13.4. The van der Waals surface area contributed by atoms with Crippen molar-refractivity contribution < 1.29 is 5.11 Å². The fourth-order valence-electron chi connectivity index (χ4n) is 2.38. The van der Waals surface area contributed by atoms with Gasteiger partial charge < -0.3 is 5.11 Å². The van der Waals surface area contributed by atoms with Crippen LogP contribution < -0.4 is 5.32 Å². The molecule has 0 unspecified atom stereocenters. The SMILES string of the molecule is OCC1(NCC#Cc2ccccc2Cl)CCCC1. The van der Waals surface area contributed by atoms with Crippen LogP contribution in [0.15, 0.2) is 24.3 Å². The third-order valence-electron chi connectivity index (χ3n) is 3.51.